The Labute approximate surface area is 91.3 Å². The number of hydrogen-bond donors (Lipinski definition) is 0. The Morgan fingerprint density at radius 1 is 1.31 bits per heavy atom. The normalized spacial score (nSPS) is 14.9. The Kier molecular flexibility index (Phi) is 1.96. The molecule has 0 fully saturated rings. The number of carbonyl (C=O) groups excluding carboxylic acids is 1. The molecule has 0 saturated heterocycles. The summed E-state index contributed by atoms with van der Waals surface area (Å²) in [6.07, 6.45) is 4.71. The van der Waals surface area contributed by atoms with E-state index in [0.29, 0.717) is 16.6 Å². The lowest BCUT2D eigenvalue weighted by atomic mass is 10.2. The molecule has 0 atom stereocenters. The van der Waals surface area contributed by atoms with Crippen molar-refractivity contribution in [1.82, 2.24) is 15.2 Å². The molecular weight excluding hydrogens is 206 g/mol. The van der Waals surface area contributed by atoms with Gasteiger partial charge in [-0.25, -0.2) is 4.63 Å². The number of rotatable bonds is 1. The third-order valence-electron chi connectivity index (χ3n) is 2.58. The fourth-order valence-electron chi connectivity index (χ4n) is 1.74. The van der Waals surface area contributed by atoms with Crippen molar-refractivity contribution in [2.75, 3.05) is 6.54 Å². The Balaban J connectivity index is 1.98. The van der Waals surface area contributed by atoms with Crippen molar-refractivity contribution in [2.24, 2.45) is 0 Å². The molecule has 0 saturated carbocycles. The summed E-state index contributed by atoms with van der Waals surface area (Å²) in [5.41, 5.74) is 1.87. The first-order chi connectivity index (χ1) is 7.84. The van der Waals surface area contributed by atoms with Gasteiger partial charge in [0.1, 0.15) is 11.0 Å². The van der Waals surface area contributed by atoms with Gasteiger partial charge >= 0.3 is 0 Å². The first-order valence-corrected chi connectivity index (χ1v) is 5.04. The summed E-state index contributed by atoms with van der Waals surface area (Å²) in [5, 5.41) is 7.41. The largest absolute Gasteiger partial charge is 0.315 e. The lowest BCUT2D eigenvalue weighted by Crippen LogP contribution is -2.23. The van der Waals surface area contributed by atoms with Crippen LogP contribution in [0.4, 0.5) is 0 Å². The van der Waals surface area contributed by atoms with Crippen LogP contribution >= 0.6 is 0 Å². The highest BCUT2D eigenvalue weighted by molar-refractivity contribution is 5.97. The topological polar surface area (TPSA) is 59.2 Å². The standard InChI is InChI=1S/C11H9N3O2/c15-11(14-5-1-2-6-14)8-3-4-9-10(7-8)13-16-12-9/h1,3-5,7H,2,6H2. The van der Waals surface area contributed by atoms with Gasteiger partial charge in [-0.05, 0) is 34.9 Å². The van der Waals surface area contributed by atoms with Crippen LogP contribution in [0.1, 0.15) is 16.8 Å². The summed E-state index contributed by atoms with van der Waals surface area (Å²) < 4.78 is 4.59. The minimum absolute atomic E-state index is 0.0151. The van der Waals surface area contributed by atoms with Crippen molar-refractivity contribution in [2.45, 2.75) is 6.42 Å². The monoisotopic (exact) mass is 215 g/mol. The van der Waals surface area contributed by atoms with Gasteiger partial charge in [-0.3, -0.25) is 4.79 Å². The van der Waals surface area contributed by atoms with E-state index in [1.165, 1.54) is 0 Å². The van der Waals surface area contributed by atoms with Crippen LogP contribution in [-0.2, 0) is 0 Å². The second-order valence-corrected chi connectivity index (χ2v) is 3.64. The third kappa shape index (κ3) is 1.37. The van der Waals surface area contributed by atoms with Gasteiger partial charge in [-0.2, -0.15) is 0 Å². The summed E-state index contributed by atoms with van der Waals surface area (Å²) in [6, 6.07) is 5.17. The number of hydrogen-bond acceptors (Lipinski definition) is 4. The maximum Gasteiger partial charge on any atom is 0.257 e. The Bertz CT molecular complexity index is 573. The van der Waals surface area contributed by atoms with Gasteiger partial charge in [0.2, 0.25) is 0 Å². The van der Waals surface area contributed by atoms with Crippen LogP contribution in [0, 0.1) is 0 Å². The van der Waals surface area contributed by atoms with Crippen LogP contribution < -0.4 is 0 Å². The summed E-state index contributed by atoms with van der Waals surface area (Å²) in [4.78, 5) is 13.7. The van der Waals surface area contributed by atoms with E-state index in [2.05, 4.69) is 14.9 Å². The quantitative estimate of drug-likeness (QED) is 0.724. The molecule has 16 heavy (non-hydrogen) atoms. The smallest absolute Gasteiger partial charge is 0.257 e. The molecule has 1 aromatic heterocycles. The minimum atomic E-state index is -0.0151. The van der Waals surface area contributed by atoms with E-state index >= 15 is 0 Å². The van der Waals surface area contributed by atoms with E-state index in [1.807, 2.05) is 12.3 Å². The van der Waals surface area contributed by atoms with E-state index in [4.69, 9.17) is 0 Å². The molecule has 0 spiro atoms. The van der Waals surface area contributed by atoms with Gasteiger partial charge in [-0.15, -0.1) is 0 Å². The van der Waals surface area contributed by atoms with Crippen molar-refractivity contribution < 1.29 is 9.42 Å². The summed E-state index contributed by atoms with van der Waals surface area (Å²) in [5.74, 6) is -0.0151. The molecule has 1 amide bonds. The second kappa shape index (κ2) is 3.44. The van der Waals surface area contributed by atoms with Gasteiger partial charge in [0.25, 0.3) is 5.91 Å². The van der Waals surface area contributed by atoms with Crippen molar-refractivity contribution in [3.05, 3.63) is 36.0 Å². The number of benzene rings is 1. The molecule has 0 unspecified atom stereocenters. The molecular formula is C11H9N3O2. The lowest BCUT2D eigenvalue weighted by molar-refractivity contribution is 0.0833. The maximum atomic E-state index is 12.0. The average molecular weight is 215 g/mol. The molecule has 3 rings (SSSR count). The first kappa shape index (κ1) is 9.08. The highest BCUT2D eigenvalue weighted by Crippen LogP contribution is 2.15. The lowest BCUT2D eigenvalue weighted by Gasteiger charge is -2.12. The highest BCUT2D eigenvalue weighted by Gasteiger charge is 2.16. The molecule has 0 N–H and O–H groups in total. The van der Waals surface area contributed by atoms with Crippen molar-refractivity contribution in [3.8, 4) is 0 Å². The molecule has 0 aliphatic carbocycles. The molecule has 80 valence electrons. The van der Waals surface area contributed by atoms with E-state index in [0.717, 1.165) is 13.0 Å². The molecule has 1 aliphatic heterocycles. The van der Waals surface area contributed by atoms with Crippen molar-refractivity contribution in [3.63, 3.8) is 0 Å². The van der Waals surface area contributed by atoms with E-state index in [9.17, 15) is 4.79 Å². The van der Waals surface area contributed by atoms with Crippen LogP contribution in [0.25, 0.3) is 11.0 Å². The predicted octanol–water partition coefficient (Wildman–Crippen LogP) is 1.58. The molecule has 1 aromatic carbocycles. The first-order valence-electron chi connectivity index (χ1n) is 5.04. The zero-order valence-electron chi connectivity index (χ0n) is 8.46. The second-order valence-electron chi connectivity index (χ2n) is 3.64. The van der Waals surface area contributed by atoms with Crippen LogP contribution in [-0.4, -0.2) is 27.7 Å². The number of carbonyl (C=O) groups is 1. The molecule has 0 bridgehead atoms. The van der Waals surface area contributed by atoms with E-state index in [1.54, 1.807) is 23.1 Å². The van der Waals surface area contributed by atoms with Gasteiger partial charge in [0.15, 0.2) is 0 Å². The number of aromatic nitrogens is 2. The zero-order valence-corrected chi connectivity index (χ0v) is 8.46. The average Bonchev–Trinajstić information content (AvgIpc) is 2.98. The van der Waals surface area contributed by atoms with Gasteiger partial charge < -0.3 is 4.90 Å². The molecule has 0 radical (unpaired) electrons. The van der Waals surface area contributed by atoms with Crippen LogP contribution in [0.5, 0.6) is 0 Å². The fraction of sp³-hybridized carbons (Fsp3) is 0.182. The maximum absolute atomic E-state index is 12.0. The van der Waals surface area contributed by atoms with Crippen LogP contribution in [0.15, 0.2) is 35.1 Å². The van der Waals surface area contributed by atoms with E-state index in [-0.39, 0.29) is 5.91 Å². The molecule has 5 heteroatoms. The van der Waals surface area contributed by atoms with Crippen LogP contribution in [0.2, 0.25) is 0 Å². The molecule has 5 nitrogen and oxygen atoms in total. The summed E-state index contributed by atoms with van der Waals surface area (Å²) in [7, 11) is 0. The Morgan fingerprint density at radius 3 is 3.00 bits per heavy atom. The van der Waals surface area contributed by atoms with Crippen molar-refractivity contribution in [1.29, 1.82) is 0 Å². The zero-order chi connectivity index (χ0) is 11.0. The molecule has 2 aromatic rings. The van der Waals surface area contributed by atoms with Crippen molar-refractivity contribution >= 4 is 16.9 Å². The summed E-state index contributed by atoms with van der Waals surface area (Å²) >= 11 is 0. The molecule has 2 heterocycles. The Hall–Kier alpha value is -2.17. The SMILES string of the molecule is O=C(c1ccc2nonc2c1)N1C=CCC1. The minimum Gasteiger partial charge on any atom is -0.315 e. The predicted molar refractivity (Wildman–Crippen MR) is 56.6 cm³/mol. The number of amides is 1. The highest BCUT2D eigenvalue weighted by atomic mass is 16.6. The Morgan fingerprint density at radius 2 is 2.19 bits per heavy atom. The van der Waals surface area contributed by atoms with Gasteiger partial charge in [-0.1, -0.05) is 6.08 Å². The number of nitrogens with zero attached hydrogens (tertiary/aromatic N) is 3. The fourth-order valence-corrected chi connectivity index (χ4v) is 1.74. The number of fused-ring (bicyclic) bond motifs is 1. The molecule has 1 aliphatic rings. The van der Waals surface area contributed by atoms with Gasteiger partial charge in [0.05, 0.1) is 0 Å². The summed E-state index contributed by atoms with van der Waals surface area (Å²) in [6.45, 7) is 0.744. The third-order valence-corrected chi connectivity index (χ3v) is 2.58. The van der Waals surface area contributed by atoms with E-state index < -0.39 is 0 Å². The van der Waals surface area contributed by atoms with Crippen LogP contribution in [0.3, 0.4) is 0 Å². The van der Waals surface area contributed by atoms with Gasteiger partial charge in [0, 0.05) is 18.3 Å².